The number of hydrogen-bond acceptors (Lipinski definition) is 3. The highest BCUT2D eigenvalue weighted by Crippen LogP contribution is 2.18. The predicted molar refractivity (Wildman–Crippen MR) is 63.5 cm³/mol. The first kappa shape index (κ1) is 10.4. The van der Waals surface area contributed by atoms with E-state index in [9.17, 15) is 4.39 Å². The summed E-state index contributed by atoms with van der Waals surface area (Å²) in [5.41, 5.74) is 2.61. The molecule has 2 N–H and O–H groups in total. The molecule has 1 aromatic carbocycles. The average molecular weight is 217 g/mol. The highest BCUT2D eigenvalue weighted by Gasteiger charge is 1.97. The summed E-state index contributed by atoms with van der Waals surface area (Å²) in [7, 11) is 1.83. The number of anilines is 3. The largest absolute Gasteiger partial charge is 0.387 e. The van der Waals surface area contributed by atoms with Gasteiger partial charge in [0.2, 0.25) is 0 Å². The standard InChI is InChI=1S/C12H12FN3/c1-14-11-6-12(8-15-7-11)16-10-4-2-9(13)3-5-10/h2-8,14,16H,1H3. The van der Waals surface area contributed by atoms with E-state index >= 15 is 0 Å². The van der Waals surface area contributed by atoms with E-state index in [0.29, 0.717) is 0 Å². The highest BCUT2D eigenvalue weighted by molar-refractivity contribution is 5.62. The minimum absolute atomic E-state index is 0.243. The Bertz CT molecular complexity index is 468. The van der Waals surface area contributed by atoms with Crippen molar-refractivity contribution in [3.8, 4) is 0 Å². The smallest absolute Gasteiger partial charge is 0.123 e. The molecular formula is C12H12FN3. The molecule has 2 aromatic rings. The van der Waals surface area contributed by atoms with Gasteiger partial charge in [-0.25, -0.2) is 4.39 Å². The molecule has 2 rings (SSSR count). The Kier molecular flexibility index (Phi) is 3.00. The van der Waals surface area contributed by atoms with Crippen LogP contribution in [0.3, 0.4) is 0 Å². The quantitative estimate of drug-likeness (QED) is 0.829. The van der Waals surface area contributed by atoms with Gasteiger partial charge < -0.3 is 10.6 Å². The minimum Gasteiger partial charge on any atom is -0.387 e. The molecule has 0 fully saturated rings. The Labute approximate surface area is 93.3 Å². The summed E-state index contributed by atoms with van der Waals surface area (Å²) in [6, 6.07) is 8.12. The number of aromatic nitrogens is 1. The van der Waals surface area contributed by atoms with Gasteiger partial charge in [-0.2, -0.15) is 0 Å². The fraction of sp³-hybridized carbons (Fsp3) is 0.0833. The van der Waals surface area contributed by atoms with Crippen molar-refractivity contribution in [2.75, 3.05) is 17.7 Å². The van der Waals surface area contributed by atoms with Crippen molar-refractivity contribution in [1.82, 2.24) is 4.98 Å². The summed E-state index contributed by atoms with van der Waals surface area (Å²) in [4.78, 5) is 4.07. The van der Waals surface area contributed by atoms with Crippen LogP contribution in [-0.2, 0) is 0 Å². The lowest BCUT2D eigenvalue weighted by Crippen LogP contribution is -1.94. The normalized spacial score (nSPS) is 9.88. The van der Waals surface area contributed by atoms with Crippen LogP contribution in [0.1, 0.15) is 0 Å². The molecule has 0 atom stereocenters. The summed E-state index contributed by atoms with van der Waals surface area (Å²) in [5.74, 6) is -0.243. The van der Waals surface area contributed by atoms with Gasteiger partial charge in [0.15, 0.2) is 0 Å². The Morgan fingerprint density at radius 1 is 1.00 bits per heavy atom. The molecular weight excluding hydrogens is 205 g/mol. The summed E-state index contributed by atoms with van der Waals surface area (Å²) in [6.45, 7) is 0. The third-order valence-corrected chi connectivity index (χ3v) is 2.16. The molecule has 1 aromatic heterocycles. The first-order chi connectivity index (χ1) is 7.78. The fourth-order valence-corrected chi connectivity index (χ4v) is 1.34. The van der Waals surface area contributed by atoms with E-state index in [0.717, 1.165) is 17.1 Å². The van der Waals surface area contributed by atoms with Gasteiger partial charge in [-0.3, -0.25) is 4.98 Å². The Hall–Kier alpha value is -2.10. The van der Waals surface area contributed by atoms with Crippen molar-refractivity contribution in [3.05, 3.63) is 48.5 Å². The minimum atomic E-state index is -0.243. The van der Waals surface area contributed by atoms with Crippen LogP contribution in [0.15, 0.2) is 42.7 Å². The van der Waals surface area contributed by atoms with Crippen molar-refractivity contribution in [3.63, 3.8) is 0 Å². The zero-order chi connectivity index (χ0) is 11.4. The first-order valence-corrected chi connectivity index (χ1v) is 4.93. The van der Waals surface area contributed by atoms with E-state index in [1.807, 2.05) is 13.1 Å². The maximum atomic E-state index is 12.7. The van der Waals surface area contributed by atoms with Gasteiger partial charge in [0.25, 0.3) is 0 Å². The van der Waals surface area contributed by atoms with Gasteiger partial charge >= 0.3 is 0 Å². The Balaban J connectivity index is 2.16. The number of nitrogens with zero attached hydrogens (tertiary/aromatic N) is 1. The fourth-order valence-electron chi connectivity index (χ4n) is 1.34. The van der Waals surface area contributed by atoms with Gasteiger partial charge in [-0.05, 0) is 30.3 Å². The SMILES string of the molecule is CNc1cncc(Nc2ccc(F)cc2)c1. The Morgan fingerprint density at radius 3 is 2.38 bits per heavy atom. The van der Waals surface area contributed by atoms with Crippen molar-refractivity contribution < 1.29 is 4.39 Å². The van der Waals surface area contributed by atoms with Gasteiger partial charge in [-0.1, -0.05) is 0 Å². The maximum Gasteiger partial charge on any atom is 0.123 e. The van der Waals surface area contributed by atoms with E-state index in [1.54, 1.807) is 24.5 Å². The molecule has 0 radical (unpaired) electrons. The molecule has 16 heavy (non-hydrogen) atoms. The van der Waals surface area contributed by atoms with Gasteiger partial charge in [0.05, 0.1) is 23.8 Å². The van der Waals surface area contributed by atoms with Crippen LogP contribution >= 0.6 is 0 Å². The van der Waals surface area contributed by atoms with Gasteiger partial charge in [0, 0.05) is 12.7 Å². The number of hydrogen-bond donors (Lipinski definition) is 2. The molecule has 0 unspecified atom stereocenters. The van der Waals surface area contributed by atoms with Crippen LogP contribution in [0, 0.1) is 5.82 Å². The molecule has 0 aliphatic rings. The number of rotatable bonds is 3. The van der Waals surface area contributed by atoms with Gasteiger partial charge in [-0.15, -0.1) is 0 Å². The number of halogens is 1. The van der Waals surface area contributed by atoms with Crippen LogP contribution < -0.4 is 10.6 Å². The van der Waals surface area contributed by atoms with E-state index in [-0.39, 0.29) is 5.82 Å². The summed E-state index contributed by atoms with van der Waals surface area (Å²) < 4.78 is 12.7. The van der Waals surface area contributed by atoms with Crippen LogP contribution in [0.5, 0.6) is 0 Å². The number of pyridine rings is 1. The van der Waals surface area contributed by atoms with Crippen molar-refractivity contribution in [1.29, 1.82) is 0 Å². The maximum absolute atomic E-state index is 12.7. The van der Waals surface area contributed by atoms with E-state index < -0.39 is 0 Å². The molecule has 0 saturated heterocycles. The first-order valence-electron chi connectivity index (χ1n) is 4.93. The molecule has 0 spiro atoms. The third-order valence-electron chi connectivity index (χ3n) is 2.16. The number of benzene rings is 1. The van der Waals surface area contributed by atoms with Crippen LogP contribution in [-0.4, -0.2) is 12.0 Å². The molecule has 0 bridgehead atoms. The third kappa shape index (κ3) is 2.48. The molecule has 1 heterocycles. The lowest BCUT2D eigenvalue weighted by Gasteiger charge is -2.07. The molecule has 4 heteroatoms. The monoisotopic (exact) mass is 217 g/mol. The van der Waals surface area contributed by atoms with E-state index in [4.69, 9.17) is 0 Å². The highest BCUT2D eigenvalue weighted by atomic mass is 19.1. The van der Waals surface area contributed by atoms with Crippen molar-refractivity contribution >= 4 is 17.1 Å². The molecule has 0 aliphatic carbocycles. The molecule has 3 nitrogen and oxygen atoms in total. The average Bonchev–Trinajstić information content (AvgIpc) is 2.32. The molecule has 82 valence electrons. The van der Waals surface area contributed by atoms with Crippen LogP contribution in [0.25, 0.3) is 0 Å². The lowest BCUT2D eigenvalue weighted by molar-refractivity contribution is 0.628. The molecule has 0 saturated carbocycles. The summed E-state index contributed by atoms with van der Waals surface area (Å²) >= 11 is 0. The molecule has 0 aliphatic heterocycles. The zero-order valence-corrected chi connectivity index (χ0v) is 8.87. The van der Waals surface area contributed by atoms with E-state index in [1.165, 1.54) is 12.1 Å². The molecule has 0 amide bonds. The van der Waals surface area contributed by atoms with Crippen LogP contribution in [0.4, 0.5) is 21.5 Å². The second kappa shape index (κ2) is 4.61. The van der Waals surface area contributed by atoms with Crippen molar-refractivity contribution in [2.45, 2.75) is 0 Å². The lowest BCUT2D eigenvalue weighted by atomic mass is 10.3. The van der Waals surface area contributed by atoms with Gasteiger partial charge in [0.1, 0.15) is 5.82 Å². The summed E-state index contributed by atoms with van der Waals surface area (Å²) in [5, 5.41) is 6.14. The second-order valence-corrected chi connectivity index (χ2v) is 3.34. The van der Waals surface area contributed by atoms with Crippen LogP contribution in [0.2, 0.25) is 0 Å². The number of nitrogens with one attached hydrogen (secondary N) is 2. The Morgan fingerprint density at radius 2 is 1.69 bits per heavy atom. The summed E-state index contributed by atoms with van der Waals surface area (Å²) in [6.07, 6.45) is 3.44. The second-order valence-electron chi connectivity index (χ2n) is 3.34. The zero-order valence-electron chi connectivity index (χ0n) is 8.87. The topological polar surface area (TPSA) is 37.0 Å². The predicted octanol–water partition coefficient (Wildman–Crippen LogP) is 3.01. The van der Waals surface area contributed by atoms with Crippen molar-refractivity contribution in [2.24, 2.45) is 0 Å². The van der Waals surface area contributed by atoms with E-state index in [2.05, 4.69) is 15.6 Å².